The molecule has 5 heteroatoms. The van der Waals surface area contributed by atoms with E-state index in [9.17, 15) is 9.59 Å². The molecule has 1 heterocycles. The van der Waals surface area contributed by atoms with Gasteiger partial charge in [0, 0.05) is 18.5 Å². The lowest BCUT2D eigenvalue weighted by atomic mass is 10.1. The summed E-state index contributed by atoms with van der Waals surface area (Å²) >= 11 is 0. The molecule has 1 N–H and O–H groups in total. The number of para-hydroxylation sites is 1. The molecule has 0 saturated heterocycles. The maximum absolute atomic E-state index is 12.3. The van der Waals surface area contributed by atoms with Gasteiger partial charge >= 0.3 is 5.97 Å². The highest BCUT2D eigenvalue weighted by Crippen LogP contribution is 2.20. The Bertz CT molecular complexity index is 599. The first-order chi connectivity index (χ1) is 9.52. The maximum Gasteiger partial charge on any atom is 0.308 e. The Balaban J connectivity index is 2.21. The molecular formula is C15H17NO4. The number of rotatable bonds is 5. The summed E-state index contributed by atoms with van der Waals surface area (Å²) < 4.78 is 5.52. The number of carboxylic acid groups (broad SMARTS) is 1. The Hall–Kier alpha value is -2.30. The van der Waals surface area contributed by atoms with E-state index in [-0.39, 0.29) is 18.2 Å². The SMILES string of the molecule is CCN(CC(C)C(=O)O)C(=O)c1cc2ccccc2o1. The Labute approximate surface area is 116 Å². The van der Waals surface area contributed by atoms with Gasteiger partial charge in [-0.2, -0.15) is 0 Å². The van der Waals surface area contributed by atoms with E-state index in [1.165, 1.54) is 4.90 Å². The normalized spacial score (nSPS) is 12.3. The van der Waals surface area contributed by atoms with Gasteiger partial charge in [-0.1, -0.05) is 25.1 Å². The molecule has 0 spiro atoms. The molecule has 1 atom stereocenters. The topological polar surface area (TPSA) is 70.8 Å². The Morgan fingerprint density at radius 1 is 1.35 bits per heavy atom. The lowest BCUT2D eigenvalue weighted by Crippen LogP contribution is -2.36. The molecule has 0 saturated carbocycles. The molecule has 1 unspecified atom stereocenters. The number of furan rings is 1. The molecule has 0 aliphatic heterocycles. The molecule has 1 aromatic carbocycles. The standard InChI is InChI=1S/C15H17NO4/c1-3-16(9-10(2)15(18)19)14(17)13-8-11-6-4-5-7-12(11)20-13/h4-8,10H,3,9H2,1-2H3,(H,18,19). The molecule has 0 aliphatic rings. The minimum atomic E-state index is -0.916. The van der Waals surface area contributed by atoms with Crippen LogP contribution in [-0.4, -0.2) is 35.0 Å². The van der Waals surface area contributed by atoms with E-state index in [0.717, 1.165) is 5.39 Å². The van der Waals surface area contributed by atoms with Crippen molar-refractivity contribution in [1.29, 1.82) is 0 Å². The van der Waals surface area contributed by atoms with E-state index >= 15 is 0 Å². The van der Waals surface area contributed by atoms with Gasteiger partial charge in [-0.15, -0.1) is 0 Å². The van der Waals surface area contributed by atoms with Crippen LogP contribution in [0.2, 0.25) is 0 Å². The fourth-order valence-corrected chi connectivity index (χ4v) is 2.01. The summed E-state index contributed by atoms with van der Waals surface area (Å²) in [5, 5.41) is 9.79. The molecular weight excluding hydrogens is 258 g/mol. The van der Waals surface area contributed by atoms with Crippen LogP contribution < -0.4 is 0 Å². The molecule has 0 aliphatic carbocycles. The van der Waals surface area contributed by atoms with E-state index in [2.05, 4.69) is 0 Å². The lowest BCUT2D eigenvalue weighted by Gasteiger charge is -2.21. The van der Waals surface area contributed by atoms with Gasteiger partial charge in [0.1, 0.15) is 5.58 Å². The zero-order chi connectivity index (χ0) is 14.7. The van der Waals surface area contributed by atoms with E-state index in [0.29, 0.717) is 12.1 Å². The van der Waals surface area contributed by atoms with Crippen LogP contribution in [0.25, 0.3) is 11.0 Å². The van der Waals surface area contributed by atoms with Gasteiger partial charge in [0.15, 0.2) is 5.76 Å². The van der Waals surface area contributed by atoms with Crippen LogP contribution in [0.5, 0.6) is 0 Å². The van der Waals surface area contributed by atoms with E-state index in [1.54, 1.807) is 19.1 Å². The number of nitrogens with zero attached hydrogens (tertiary/aromatic N) is 1. The first-order valence-electron chi connectivity index (χ1n) is 6.53. The van der Waals surface area contributed by atoms with Gasteiger partial charge in [0.2, 0.25) is 0 Å². The minimum absolute atomic E-state index is 0.168. The van der Waals surface area contributed by atoms with Crippen molar-refractivity contribution in [2.45, 2.75) is 13.8 Å². The Morgan fingerprint density at radius 3 is 2.65 bits per heavy atom. The van der Waals surface area contributed by atoms with Crippen molar-refractivity contribution in [3.8, 4) is 0 Å². The van der Waals surface area contributed by atoms with E-state index < -0.39 is 11.9 Å². The lowest BCUT2D eigenvalue weighted by molar-refractivity contribution is -0.141. The average Bonchev–Trinajstić information content (AvgIpc) is 2.87. The fraction of sp³-hybridized carbons (Fsp3) is 0.333. The monoisotopic (exact) mass is 275 g/mol. The van der Waals surface area contributed by atoms with Crippen molar-refractivity contribution in [2.24, 2.45) is 5.92 Å². The van der Waals surface area contributed by atoms with Crippen LogP contribution in [0, 0.1) is 5.92 Å². The maximum atomic E-state index is 12.3. The van der Waals surface area contributed by atoms with Crippen LogP contribution >= 0.6 is 0 Å². The molecule has 106 valence electrons. The zero-order valence-corrected chi connectivity index (χ0v) is 11.5. The second-order valence-corrected chi connectivity index (χ2v) is 4.73. The summed E-state index contributed by atoms with van der Waals surface area (Å²) in [6.07, 6.45) is 0. The molecule has 1 aromatic heterocycles. The predicted octanol–water partition coefficient (Wildman–Crippen LogP) is 2.62. The van der Waals surface area contributed by atoms with Crippen LogP contribution in [-0.2, 0) is 4.79 Å². The second-order valence-electron chi connectivity index (χ2n) is 4.73. The van der Waals surface area contributed by atoms with E-state index in [1.807, 2.05) is 25.1 Å². The number of hydrogen-bond acceptors (Lipinski definition) is 3. The van der Waals surface area contributed by atoms with Crippen molar-refractivity contribution in [2.75, 3.05) is 13.1 Å². The number of amides is 1. The summed E-state index contributed by atoms with van der Waals surface area (Å²) in [7, 11) is 0. The molecule has 1 amide bonds. The van der Waals surface area contributed by atoms with Crippen molar-refractivity contribution in [3.63, 3.8) is 0 Å². The third kappa shape index (κ3) is 2.82. The number of aliphatic carboxylic acids is 1. The smallest absolute Gasteiger partial charge is 0.308 e. The van der Waals surface area contributed by atoms with Crippen molar-refractivity contribution in [3.05, 3.63) is 36.1 Å². The number of carboxylic acids is 1. The average molecular weight is 275 g/mol. The first-order valence-corrected chi connectivity index (χ1v) is 6.53. The Morgan fingerprint density at radius 2 is 2.05 bits per heavy atom. The third-order valence-corrected chi connectivity index (χ3v) is 3.22. The van der Waals surface area contributed by atoms with Gasteiger partial charge in [0.25, 0.3) is 5.91 Å². The summed E-state index contributed by atoms with van der Waals surface area (Å²) in [5.41, 5.74) is 0.651. The highest BCUT2D eigenvalue weighted by molar-refractivity contribution is 5.96. The summed E-state index contributed by atoms with van der Waals surface area (Å²) in [5.74, 6) is -1.56. The number of benzene rings is 1. The number of hydrogen-bond donors (Lipinski definition) is 1. The number of carbonyl (C=O) groups excluding carboxylic acids is 1. The Kier molecular flexibility index (Phi) is 4.08. The van der Waals surface area contributed by atoms with Gasteiger partial charge < -0.3 is 14.4 Å². The fourth-order valence-electron chi connectivity index (χ4n) is 2.01. The van der Waals surface area contributed by atoms with Crippen LogP contribution in [0.3, 0.4) is 0 Å². The highest BCUT2D eigenvalue weighted by atomic mass is 16.4. The summed E-state index contributed by atoms with van der Waals surface area (Å²) in [4.78, 5) is 24.7. The van der Waals surface area contributed by atoms with Crippen LogP contribution in [0.15, 0.2) is 34.7 Å². The van der Waals surface area contributed by atoms with E-state index in [4.69, 9.17) is 9.52 Å². The van der Waals surface area contributed by atoms with Gasteiger partial charge in [-0.3, -0.25) is 9.59 Å². The zero-order valence-electron chi connectivity index (χ0n) is 11.5. The molecule has 0 radical (unpaired) electrons. The molecule has 20 heavy (non-hydrogen) atoms. The number of fused-ring (bicyclic) bond motifs is 1. The first kappa shape index (κ1) is 14.1. The second kappa shape index (κ2) is 5.77. The van der Waals surface area contributed by atoms with Gasteiger partial charge in [-0.25, -0.2) is 0 Å². The number of carbonyl (C=O) groups is 2. The van der Waals surface area contributed by atoms with Gasteiger partial charge in [0.05, 0.1) is 5.92 Å². The van der Waals surface area contributed by atoms with Crippen molar-refractivity contribution >= 4 is 22.8 Å². The predicted molar refractivity (Wildman–Crippen MR) is 74.6 cm³/mol. The summed E-state index contributed by atoms with van der Waals surface area (Å²) in [6.45, 7) is 4.00. The van der Waals surface area contributed by atoms with Gasteiger partial charge in [-0.05, 0) is 19.1 Å². The van der Waals surface area contributed by atoms with Crippen molar-refractivity contribution < 1.29 is 19.1 Å². The van der Waals surface area contributed by atoms with Crippen molar-refractivity contribution in [1.82, 2.24) is 4.90 Å². The molecule has 0 bridgehead atoms. The largest absolute Gasteiger partial charge is 0.481 e. The highest BCUT2D eigenvalue weighted by Gasteiger charge is 2.22. The molecule has 2 aromatic rings. The summed E-state index contributed by atoms with van der Waals surface area (Å²) in [6, 6.07) is 9.06. The molecule has 0 fully saturated rings. The third-order valence-electron chi connectivity index (χ3n) is 3.22. The minimum Gasteiger partial charge on any atom is -0.481 e. The van der Waals surface area contributed by atoms with Crippen LogP contribution in [0.4, 0.5) is 0 Å². The molecule has 5 nitrogen and oxygen atoms in total. The quantitative estimate of drug-likeness (QED) is 0.910. The molecule has 2 rings (SSSR count). The van der Waals surface area contributed by atoms with Crippen LogP contribution in [0.1, 0.15) is 24.4 Å².